The van der Waals surface area contributed by atoms with Gasteiger partial charge in [-0.3, -0.25) is 9.59 Å². The van der Waals surface area contributed by atoms with Crippen LogP contribution in [-0.4, -0.2) is 39.5 Å². The minimum atomic E-state index is -0.801. The summed E-state index contributed by atoms with van der Waals surface area (Å²) < 4.78 is 0. The second-order valence-corrected chi connectivity index (χ2v) is 6.00. The lowest BCUT2D eigenvalue weighted by Gasteiger charge is -2.25. The van der Waals surface area contributed by atoms with Crippen LogP contribution < -0.4 is 4.98 Å². The summed E-state index contributed by atoms with van der Waals surface area (Å²) in [5.41, 5.74) is 1.14. The van der Waals surface area contributed by atoms with Crippen molar-refractivity contribution >= 4 is 17.4 Å². The molecular weight excluding hydrogens is 320 g/mol. The van der Waals surface area contributed by atoms with Crippen molar-refractivity contribution < 1.29 is 24.8 Å². The minimum absolute atomic E-state index is 0.00426. The Hall–Kier alpha value is -2.99. The molecule has 3 N–H and O–H groups in total. The van der Waals surface area contributed by atoms with Gasteiger partial charge >= 0.3 is 0 Å². The molecule has 1 aliphatic rings. The molecule has 2 aromatic rings. The molecule has 6 heteroatoms. The number of carbonyl (C=O) groups is 2. The van der Waals surface area contributed by atoms with Crippen molar-refractivity contribution in [3.05, 3.63) is 71.6 Å². The summed E-state index contributed by atoms with van der Waals surface area (Å²) in [6.07, 6.45) is 2.58. The number of nitrogens with zero attached hydrogens (tertiary/aromatic N) is 1. The van der Waals surface area contributed by atoms with Crippen LogP contribution in [0.3, 0.4) is 0 Å². The smallest absolute Gasteiger partial charge is 0.295 e. The summed E-state index contributed by atoms with van der Waals surface area (Å²) in [5.74, 6) is -1.70. The standard InChI is InChI=1S/C19H18N2O4/c1-12(22)11-21-16(14-8-5-9-20-10-14)15(18(24)19(21)25)17(23)13-6-3-2-4-7-13/h2-10,12,16,22-23H,11H2,1H3/p+1. The molecule has 2 unspecified atom stereocenters. The van der Waals surface area contributed by atoms with E-state index in [2.05, 4.69) is 4.98 Å². The molecule has 1 aromatic heterocycles. The van der Waals surface area contributed by atoms with E-state index in [0.717, 1.165) is 0 Å². The largest absolute Gasteiger partial charge is 0.507 e. The first kappa shape index (κ1) is 16.9. The maximum absolute atomic E-state index is 12.6. The van der Waals surface area contributed by atoms with Crippen molar-refractivity contribution in [2.45, 2.75) is 19.1 Å². The van der Waals surface area contributed by atoms with Crippen molar-refractivity contribution in [1.29, 1.82) is 0 Å². The number of aliphatic hydroxyl groups is 2. The lowest BCUT2D eigenvalue weighted by molar-refractivity contribution is -0.379. The molecule has 128 valence electrons. The number of aromatic amines is 1. The van der Waals surface area contributed by atoms with Crippen LogP contribution in [0.5, 0.6) is 0 Å². The number of ketones is 1. The Labute approximate surface area is 145 Å². The summed E-state index contributed by atoms with van der Waals surface area (Å²) in [7, 11) is 0. The van der Waals surface area contributed by atoms with Crippen molar-refractivity contribution in [2.75, 3.05) is 6.54 Å². The fourth-order valence-corrected chi connectivity index (χ4v) is 3.03. The molecule has 0 bridgehead atoms. The Morgan fingerprint density at radius 3 is 2.52 bits per heavy atom. The van der Waals surface area contributed by atoms with Crippen molar-refractivity contribution in [3.63, 3.8) is 0 Å². The van der Waals surface area contributed by atoms with Gasteiger partial charge in [0.15, 0.2) is 12.4 Å². The highest BCUT2D eigenvalue weighted by molar-refractivity contribution is 6.46. The average molecular weight is 339 g/mol. The third kappa shape index (κ3) is 3.16. The molecule has 6 nitrogen and oxygen atoms in total. The van der Waals surface area contributed by atoms with Crippen LogP contribution in [0.2, 0.25) is 0 Å². The Kier molecular flexibility index (Phi) is 4.63. The minimum Gasteiger partial charge on any atom is -0.507 e. The second-order valence-electron chi connectivity index (χ2n) is 6.00. The van der Waals surface area contributed by atoms with Crippen molar-refractivity contribution in [2.24, 2.45) is 0 Å². The quantitative estimate of drug-likeness (QED) is 0.499. The third-order valence-corrected chi connectivity index (χ3v) is 4.09. The normalized spacial score (nSPS) is 20.7. The summed E-state index contributed by atoms with van der Waals surface area (Å²) in [5, 5.41) is 20.4. The number of β-amino-alcohol motifs (C(OH)–C–C–N with tert-alkyl or cyclic N) is 1. The number of rotatable bonds is 4. The lowest BCUT2D eigenvalue weighted by atomic mass is 9.96. The van der Waals surface area contributed by atoms with E-state index in [4.69, 9.17) is 0 Å². The number of likely N-dealkylation sites (tertiary alicyclic amines) is 1. The highest BCUT2D eigenvalue weighted by atomic mass is 16.3. The predicted octanol–water partition coefficient (Wildman–Crippen LogP) is 1.30. The highest BCUT2D eigenvalue weighted by Gasteiger charge is 2.46. The third-order valence-electron chi connectivity index (χ3n) is 4.09. The van der Waals surface area contributed by atoms with Gasteiger partial charge in [0, 0.05) is 23.7 Å². The molecule has 1 aromatic carbocycles. The van der Waals surface area contributed by atoms with E-state index in [1.807, 2.05) is 0 Å². The number of aliphatic hydroxyl groups excluding tert-OH is 2. The first-order valence-corrected chi connectivity index (χ1v) is 7.98. The molecule has 1 amide bonds. The molecule has 1 saturated heterocycles. The molecule has 1 aliphatic heterocycles. The molecule has 25 heavy (non-hydrogen) atoms. The van der Waals surface area contributed by atoms with Crippen molar-refractivity contribution in [1.82, 2.24) is 4.90 Å². The van der Waals surface area contributed by atoms with Crippen LogP contribution in [-0.2, 0) is 9.59 Å². The van der Waals surface area contributed by atoms with Gasteiger partial charge in [-0.05, 0) is 13.0 Å². The van der Waals surface area contributed by atoms with Gasteiger partial charge in [0.1, 0.15) is 5.76 Å². The van der Waals surface area contributed by atoms with Gasteiger partial charge < -0.3 is 15.1 Å². The number of aromatic nitrogens is 1. The van der Waals surface area contributed by atoms with Gasteiger partial charge in [-0.2, -0.15) is 0 Å². The van der Waals surface area contributed by atoms with E-state index in [0.29, 0.717) is 11.1 Å². The fourth-order valence-electron chi connectivity index (χ4n) is 3.03. The number of benzene rings is 1. The van der Waals surface area contributed by atoms with E-state index in [-0.39, 0.29) is 17.9 Å². The van der Waals surface area contributed by atoms with Gasteiger partial charge in [-0.25, -0.2) is 4.98 Å². The Morgan fingerprint density at radius 1 is 1.20 bits per heavy atom. The number of nitrogens with one attached hydrogen (secondary N) is 1. The summed E-state index contributed by atoms with van der Waals surface area (Å²) in [4.78, 5) is 29.3. The zero-order valence-electron chi connectivity index (χ0n) is 13.7. The number of amides is 1. The van der Waals surface area contributed by atoms with E-state index in [9.17, 15) is 19.8 Å². The average Bonchev–Trinajstić information content (AvgIpc) is 2.87. The van der Waals surface area contributed by atoms with Gasteiger partial charge in [-0.15, -0.1) is 0 Å². The summed E-state index contributed by atoms with van der Waals surface area (Å²) in [6, 6.07) is 11.4. The number of pyridine rings is 1. The van der Waals surface area contributed by atoms with Crippen LogP contribution in [0.4, 0.5) is 0 Å². The molecular formula is C19H19N2O4+. The van der Waals surface area contributed by atoms with Gasteiger partial charge in [-0.1, -0.05) is 30.3 Å². The molecule has 0 saturated carbocycles. The molecule has 0 spiro atoms. The zero-order valence-corrected chi connectivity index (χ0v) is 13.7. The van der Waals surface area contributed by atoms with Crippen LogP contribution in [0.15, 0.2) is 60.4 Å². The fraction of sp³-hybridized carbons (Fsp3) is 0.211. The SMILES string of the molecule is CC(O)CN1C(=O)C(=O)C(=C(O)c2ccccc2)C1c1ccc[nH+]c1. The van der Waals surface area contributed by atoms with E-state index < -0.39 is 23.8 Å². The number of carbonyl (C=O) groups excluding carboxylic acids is 2. The molecule has 1 fully saturated rings. The number of H-pyrrole nitrogens is 1. The Morgan fingerprint density at radius 2 is 1.92 bits per heavy atom. The molecule has 0 radical (unpaired) electrons. The van der Waals surface area contributed by atoms with Gasteiger partial charge in [0.25, 0.3) is 11.7 Å². The van der Waals surface area contributed by atoms with E-state index in [1.54, 1.807) is 61.8 Å². The summed E-state index contributed by atoms with van der Waals surface area (Å²) in [6.45, 7) is 1.54. The number of hydrogen-bond donors (Lipinski definition) is 2. The summed E-state index contributed by atoms with van der Waals surface area (Å²) >= 11 is 0. The maximum atomic E-state index is 12.6. The maximum Gasteiger partial charge on any atom is 0.295 e. The van der Waals surface area contributed by atoms with Crippen LogP contribution in [0.1, 0.15) is 24.1 Å². The molecule has 0 aliphatic carbocycles. The monoisotopic (exact) mass is 339 g/mol. The number of hydrogen-bond acceptors (Lipinski definition) is 4. The molecule has 2 atom stereocenters. The number of Topliss-reactive ketones (excluding diaryl/α,β-unsaturated/α-hetero) is 1. The van der Waals surface area contributed by atoms with Crippen molar-refractivity contribution in [3.8, 4) is 0 Å². The highest BCUT2D eigenvalue weighted by Crippen LogP contribution is 2.38. The predicted molar refractivity (Wildman–Crippen MR) is 90.1 cm³/mol. The van der Waals surface area contributed by atoms with Crippen LogP contribution >= 0.6 is 0 Å². The first-order chi connectivity index (χ1) is 12.0. The molecule has 2 heterocycles. The van der Waals surface area contributed by atoms with E-state index >= 15 is 0 Å². The van der Waals surface area contributed by atoms with Crippen LogP contribution in [0, 0.1) is 0 Å². The Bertz CT molecular complexity index is 816. The van der Waals surface area contributed by atoms with Gasteiger partial charge in [0.05, 0.1) is 17.7 Å². The second kappa shape index (κ2) is 6.86. The Balaban J connectivity index is 2.18. The topological polar surface area (TPSA) is 92.0 Å². The van der Waals surface area contributed by atoms with Crippen LogP contribution in [0.25, 0.3) is 5.76 Å². The lowest BCUT2D eigenvalue weighted by Crippen LogP contribution is -2.35. The molecule has 3 rings (SSSR count). The van der Waals surface area contributed by atoms with Gasteiger partial charge in [0.2, 0.25) is 0 Å². The zero-order chi connectivity index (χ0) is 18.0. The first-order valence-electron chi connectivity index (χ1n) is 7.98. The van der Waals surface area contributed by atoms with E-state index in [1.165, 1.54) is 4.90 Å².